The molecular weight excluding hydrogens is 182 g/mol. The topological polar surface area (TPSA) is 114 Å². The smallest absolute Gasteiger partial charge is 0.358 e. The fourth-order valence-electron chi connectivity index (χ4n) is 0.415. The van der Waals surface area contributed by atoms with Crippen molar-refractivity contribution in [3.63, 3.8) is 0 Å². The van der Waals surface area contributed by atoms with Gasteiger partial charge in [-0.1, -0.05) is 5.16 Å². The fraction of sp³-hybridized carbons (Fsp3) is 0.400. The lowest BCUT2D eigenvalue weighted by Gasteiger charge is -1.94. The lowest BCUT2D eigenvalue weighted by molar-refractivity contribution is -0.348. The molecule has 0 saturated heterocycles. The Kier molecular flexibility index (Phi) is 4.07. The summed E-state index contributed by atoms with van der Waals surface area (Å²) >= 11 is 0. The fourth-order valence-corrected chi connectivity index (χ4v) is 0.415. The van der Waals surface area contributed by atoms with Gasteiger partial charge < -0.3 is 20.2 Å². The Labute approximate surface area is 72.6 Å². The van der Waals surface area contributed by atoms with Gasteiger partial charge in [0.1, 0.15) is 0 Å². The van der Waals surface area contributed by atoms with Gasteiger partial charge in [-0.2, -0.15) is 0 Å². The number of carbonyl (C=O) groups excluding carboxylic acids is 1. The Morgan fingerprint density at radius 1 is 1.54 bits per heavy atom. The van der Waals surface area contributed by atoms with Gasteiger partial charge in [-0.25, -0.2) is 4.79 Å². The van der Waals surface area contributed by atoms with Crippen molar-refractivity contribution in [2.24, 2.45) is 10.3 Å². The molecule has 13 heavy (non-hydrogen) atoms. The number of hydrogen-bond donors (Lipinski definition) is 1. The molecule has 0 bridgehead atoms. The summed E-state index contributed by atoms with van der Waals surface area (Å²) in [5.41, 5.74) is -0.303. The summed E-state index contributed by atoms with van der Waals surface area (Å²) in [6, 6.07) is 0. The Morgan fingerprint density at radius 2 is 2.08 bits per heavy atom. The van der Waals surface area contributed by atoms with Gasteiger partial charge in [-0.3, -0.25) is 0 Å². The van der Waals surface area contributed by atoms with Gasteiger partial charge in [0.25, 0.3) is 0 Å². The third kappa shape index (κ3) is 3.79. The van der Waals surface area contributed by atoms with E-state index in [9.17, 15) is 14.9 Å². The Bertz CT molecular complexity index is 282. The maximum absolute atomic E-state index is 10.2. The van der Waals surface area contributed by atoms with Crippen molar-refractivity contribution in [2.45, 2.75) is 13.8 Å². The molecule has 72 valence electrons. The molecule has 8 nitrogen and oxygen atoms in total. The predicted molar refractivity (Wildman–Crippen MR) is 41.1 cm³/mol. The molecule has 0 aromatic carbocycles. The van der Waals surface area contributed by atoms with E-state index < -0.39 is 16.7 Å². The quantitative estimate of drug-likeness (QED) is 0.164. The van der Waals surface area contributed by atoms with Gasteiger partial charge >= 0.3 is 11.8 Å². The largest absolute Gasteiger partial charge is 0.434 e. The van der Waals surface area contributed by atoms with E-state index in [1.807, 2.05) is 0 Å². The lowest BCUT2D eigenvalue weighted by Crippen LogP contribution is -2.21. The van der Waals surface area contributed by atoms with Crippen LogP contribution in [0.5, 0.6) is 0 Å². The molecule has 0 aliphatic heterocycles. The van der Waals surface area contributed by atoms with Crippen molar-refractivity contribution in [1.82, 2.24) is 0 Å². The molecule has 8 heteroatoms. The van der Waals surface area contributed by atoms with Crippen molar-refractivity contribution < 1.29 is 19.8 Å². The molecule has 0 saturated carbocycles. The number of oxime groups is 2. The summed E-state index contributed by atoms with van der Waals surface area (Å²) in [5, 5.41) is 23.7. The number of rotatable bonds is 2. The molecule has 0 spiro atoms. The van der Waals surface area contributed by atoms with Crippen molar-refractivity contribution in [3.05, 3.63) is 10.1 Å². The Hall–Kier alpha value is -1.99. The SMILES string of the molecule is CC(=O)O/N=C(C)/C(=N/O)[N+](=O)[O-]. The van der Waals surface area contributed by atoms with E-state index >= 15 is 0 Å². The highest BCUT2D eigenvalue weighted by atomic mass is 16.7. The summed E-state index contributed by atoms with van der Waals surface area (Å²) < 4.78 is 0. The number of carbonyl (C=O) groups is 1. The lowest BCUT2D eigenvalue weighted by atomic mass is 10.4. The molecule has 0 unspecified atom stereocenters. The van der Waals surface area contributed by atoms with Crippen LogP contribution in [-0.2, 0) is 9.63 Å². The molecule has 0 atom stereocenters. The second-order valence-electron chi connectivity index (χ2n) is 1.94. The first kappa shape index (κ1) is 11.0. The summed E-state index contributed by atoms with van der Waals surface area (Å²) in [6.45, 7) is 2.25. The molecular formula is C5H7N3O5. The van der Waals surface area contributed by atoms with E-state index in [4.69, 9.17) is 5.21 Å². The molecule has 1 N–H and O–H groups in total. The van der Waals surface area contributed by atoms with Crippen molar-refractivity contribution in [3.8, 4) is 0 Å². The van der Waals surface area contributed by atoms with Crippen LogP contribution in [0, 0.1) is 10.1 Å². The number of amidine groups is 1. The van der Waals surface area contributed by atoms with Gasteiger partial charge in [0.15, 0.2) is 10.9 Å². The van der Waals surface area contributed by atoms with E-state index in [0.717, 1.165) is 6.92 Å². The third-order valence-electron chi connectivity index (χ3n) is 0.902. The molecule has 0 amide bonds. The van der Waals surface area contributed by atoms with Gasteiger partial charge in [0.2, 0.25) is 0 Å². The first-order valence-electron chi connectivity index (χ1n) is 3.08. The van der Waals surface area contributed by atoms with Gasteiger partial charge in [-0.15, -0.1) is 0 Å². The third-order valence-corrected chi connectivity index (χ3v) is 0.902. The van der Waals surface area contributed by atoms with Crippen LogP contribution in [0.2, 0.25) is 0 Å². The van der Waals surface area contributed by atoms with E-state index in [2.05, 4.69) is 15.1 Å². The van der Waals surface area contributed by atoms with Crippen LogP contribution in [-0.4, -0.2) is 27.6 Å². The van der Waals surface area contributed by atoms with E-state index in [1.165, 1.54) is 6.92 Å². The minimum absolute atomic E-state index is 0.303. The molecule has 0 aromatic heterocycles. The normalized spacial score (nSPS) is 12.5. The van der Waals surface area contributed by atoms with Crippen molar-refractivity contribution in [2.75, 3.05) is 0 Å². The Balaban J connectivity index is 4.56. The number of nitrogens with zero attached hydrogens (tertiary/aromatic N) is 3. The minimum Gasteiger partial charge on any atom is -0.358 e. The second-order valence-corrected chi connectivity index (χ2v) is 1.94. The van der Waals surface area contributed by atoms with E-state index in [-0.39, 0.29) is 5.71 Å². The summed E-state index contributed by atoms with van der Waals surface area (Å²) in [7, 11) is 0. The standard InChI is InChI=1S/C5H7N3O5/c1-3(7-13-4(2)9)5(6-10)8(11)12/h10H,1-2H3/b6-5-,7-3+. The number of hydrogen-bond acceptors (Lipinski definition) is 7. The highest BCUT2D eigenvalue weighted by Gasteiger charge is 2.18. The Morgan fingerprint density at radius 3 is 2.38 bits per heavy atom. The summed E-state index contributed by atoms with van der Waals surface area (Å²) in [5.74, 6) is -1.60. The molecule has 0 fully saturated rings. The zero-order valence-electron chi connectivity index (χ0n) is 6.92. The zero-order chi connectivity index (χ0) is 10.4. The maximum atomic E-state index is 10.2. The summed E-state index contributed by atoms with van der Waals surface area (Å²) in [6.07, 6.45) is 0. The predicted octanol–water partition coefficient (Wildman–Crippen LogP) is -0.0102. The van der Waals surface area contributed by atoms with Crippen LogP contribution >= 0.6 is 0 Å². The van der Waals surface area contributed by atoms with Crippen LogP contribution in [0.4, 0.5) is 0 Å². The van der Waals surface area contributed by atoms with Gasteiger partial charge in [0, 0.05) is 6.92 Å². The summed E-state index contributed by atoms with van der Waals surface area (Å²) in [4.78, 5) is 23.5. The molecule has 0 aliphatic rings. The van der Waals surface area contributed by atoms with Crippen LogP contribution in [0.15, 0.2) is 10.3 Å². The highest BCUT2D eigenvalue weighted by Crippen LogP contribution is 1.88. The van der Waals surface area contributed by atoms with E-state index in [0.29, 0.717) is 0 Å². The first-order valence-corrected chi connectivity index (χ1v) is 3.08. The average Bonchev–Trinajstić information content (AvgIpc) is 2.01. The van der Waals surface area contributed by atoms with Crippen molar-refractivity contribution >= 4 is 17.5 Å². The molecule has 0 heterocycles. The van der Waals surface area contributed by atoms with E-state index in [1.54, 1.807) is 0 Å². The van der Waals surface area contributed by atoms with Crippen LogP contribution in [0.25, 0.3) is 0 Å². The molecule has 0 aliphatic carbocycles. The highest BCUT2D eigenvalue weighted by molar-refractivity contribution is 6.36. The molecule has 0 radical (unpaired) electrons. The second kappa shape index (κ2) is 4.80. The number of nitro groups is 1. The van der Waals surface area contributed by atoms with Gasteiger partial charge in [0.05, 0.1) is 0 Å². The van der Waals surface area contributed by atoms with Gasteiger partial charge in [-0.05, 0) is 11.8 Å². The average molecular weight is 189 g/mol. The minimum atomic E-state index is -0.956. The van der Waals surface area contributed by atoms with Crippen LogP contribution in [0.3, 0.4) is 0 Å². The maximum Gasteiger partial charge on any atom is 0.434 e. The monoisotopic (exact) mass is 189 g/mol. The molecule has 0 aromatic rings. The van der Waals surface area contributed by atoms with Crippen LogP contribution < -0.4 is 0 Å². The zero-order valence-corrected chi connectivity index (χ0v) is 6.92. The van der Waals surface area contributed by atoms with Crippen molar-refractivity contribution in [1.29, 1.82) is 0 Å². The first-order chi connectivity index (χ1) is 5.99. The van der Waals surface area contributed by atoms with Crippen LogP contribution in [0.1, 0.15) is 13.8 Å². The molecule has 0 rings (SSSR count).